The van der Waals surface area contributed by atoms with E-state index in [9.17, 15) is 4.79 Å². The number of fused-ring (bicyclic) bond motifs is 1. The number of amides is 1. The summed E-state index contributed by atoms with van der Waals surface area (Å²) >= 11 is 0. The van der Waals surface area contributed by atoms with Crippen LogP contribution in [0.2, 0.25) is 0 Å². The first kappa shape index (κ1) is 15.0. The molecule has 2 aromatic rings. The number of hydrogen-bond donors (Lipinski definition) is 0. The summed E-state index contributed by atoms with van der Waals surface area (Å²) in [6.07, 6.45) is 0.541. The van der Waals surface area contributed by atoms with Crippen LogP contribution in [0.15, 0.2) is 24.3 Å². The van der Waals surface area contributed by atoms with E-state index in [-0.39, 0.29) is 11.8 Å². The first-order valence-corrected chi connectivity index (χ1v) is 7.85. The highest BCUT2D eigenvalue weighted by Crippen LogP contribution is 2.32. The fourth-order valence-corrected chi connectivity index (χ4v) is 3.26. The summed E-state index contributed by atoms with van der Waals surface area (Å²) in [5.74, 6) is 1.40. The van der Waals surface area contributed by atoms with E-state index < -0.39 is 0 Å². The smallest absolute Gasteiger partial charge is 0.223 e. The number of methoxy groups -OCH3 is 1. The largest absolute Gasteiger partial charge is 0.383 e. The molecule has 118 valence electrons. The minimum Gasteiger partial charge on any atom is -0.383 e. The summed E-state index contributed by atoms with van der Waals surface area (Å²) in [6, 6.07) is 8.51. The van der Waals surface area contributed by atoms with E-state index in [0.717, 1.165) is 23.4 Å². The van der Waals surface area contributed by atoms with E-state index in [4.69, 9.17) is 9.72 Å². The number of hydrogen-bond acceptors (Lipinski definition) is 3. The lowest BCUT2D eigenvalue weighted by atomic mass is 10.1. The van der Waals surface area contributed by atoms with Crippen LogP contribution in [0.5, 0.6) is 0 Å². The maximum absolute atomic E-state index is 12.2. The van der Waals surface area contributed by atoms with Crippen molar-refractivity contribution in [2.24, 2.45) is 0 Å². The Morgan fingerprint density at radius 2 is 2.14 bits per heavy atom. The number of imidazole rings is 1. The average molecular weight is 301 g/mol. The summed E-state index contributed by atoms with van der Waals surface area (Å²) in [5, 5.41) is 0. The van der Waals surface area contributed by atoms with Gasteiger partial charge in [-0.1, -0.05) is 12.1 Å². The maximum Gasteiger partial charge on any atom is 0.223 e. The Bertz CT molecular complexity index is 678. The zero-order valence-electron chi connectivity index (χ0n) is 13.5. The first-order valence-electron chi connectivity index (χ1n) is 7.85. The summed E-state index contributed by atoms with van der Waals surface area (Å²) in [6.45, 7) is 6.30. The fraction of sp³-hybridized carbons (Fsp3) is 0.529. The minimum atomic E-state index is 0.166. The molecule has 1 aromatic heterocycles. The Morgan fingerprint density at radius 3 is 2.86 bits per heavy atom. The second-order valence-corrected chi connectivity index (χ2v) is 6.16. The van der Waals surface area contributed by atoms with Crippen LogP contribution in [0, 0.1) is 0 Å². The monoisotopic (exact) mass is 301 g/mol. The molecule has 1 atom stereocenters. The second-order valence-electron chi connectivity index (χ2n) is 6.16. The number of carbonyl (C=O) groups is 1. The van der Waals surface area contributed by atoms with Gasteiger partial charge in [-0.25, -0.2) is 4.98 Å². The SMILES string of the molecule is COCCN1C[C@H](c2nc3ccccc3n2C(C)C)CC1=O. The van der Waals surface area contributed by atoms with Gasteiger partial charge in [-0.05, 0) is 26.0 Å². The van der Waals surface area contributed by atoms with Crippen molar-refractivity contribution in [2.75, 3.05) is 26.8 Å². The van der Waals surface area contributed by atoms with E-state index >= 15 is 0 Å². The standard InChI is InChI=1S/C17H23N3O2/c1-12(2)20-15-7-5-4-6-14(15)18-17(20)13-10-16(21)19(11-13)8-9-22-3/h4-7,12-13H,8-11H2,1-3H3/t13-/m1/s1. The molecule has 1 aromatic carbocycles. The third kappa shape index (κ3) is 2.61. The van der Waals surface area contributed by atoms with Gasteiger partial charge < -0.3 is 14.2 Å². The lowest BCUT2D eigenvalue weighted by Gasteiger charge is -2.18. The number of aromatic nitrogens is 2. The molecule has 0 radical (unpaired) electrons. The first-order chi connectivity index (χ1) is 10.6. The molecule has 1 aliphatic heterocycles. The molecule has 1 saturated heterocycles. The molecule has 1 aliphatic rings. The molecule has 3 rings (SSSR count). The molecular weight excluding hydrogens is 278 g/mol. The van der Waals surface area contributed by atoms with Crippen molar-refractivity contribution in [1.82, 2.24) is 14.5 Å². The molecule has 0 unspecified atom stereocenters. The zero-order chi connectivity index (χ0) is 15.7. The molecule has 0 saturated carbocycles. The predicted molar refractivity (Wildman–Crippen MR) is 85.9 cm³/mol. The van der Waals surface area contributed by atoms with E-state index in [1.54, 1.807) is 7.11 Å². The van der Waals surface area contributed by atoms with Crippen molar-refractivity contribution in [3.8, 4) is 0 Å². The minimum absolute atomic E-state index is 0.166. The molecule has 0 spiro atoms. The van der Waals surface area contributed by atoms with Crippen LogP contribution in [0.25, 0.3) is 11.0 Å². The zero-order valence-corrected chi connectivity index (χ0v) is 13.5. The van der Waals surface area contributed by atoms with Crippen molar-refractivity contribution < 1.29 is 9.53 Å². The summed E-state index contributed by atoms with van der Waals surface area (Å²) in [4.78, 5) is 18.9. The molecule has 1 amide bonds. The predicted octanol–water partition coefficient (Wildman–Crippen LogP) is 2.58. The third-order valence-electron chi connectivity index (χ3n) is 4.28. The Balaban J connectivity index is 1.93. The van der Waals surface area contributed by atoms with Crippen molar-refractivity contribution in [2.45, 2.75) is 32.2 Å². The second kappa shape index (κ2) is 6.08. The molecular formula is C17H23N3O2. The van der Waals surface area contributed by atoms with Gasteiger partial charge in [-0.15, -0.1) is 0 Å². The van der Waals surface area contributed by atoms with Gasteiger partial charge in [0.15, 0.2) is 0 Å². The van der Waals surface area contributed by atoms with Crippen LogP contribution in [0.3, 0.4) is 0 Å². The number of rotatable bonds is 5. The highest BCUT2D eigenvalue weighted by Gasteiger charge is 2.34. The van der Waals surface area contributed by atoms with Gasteiger partial charge in [-0.3, -0.25) is 4.79 Å². The summed E-state index contributed by atoms with van der Waals surface area (Å²) in [7, 11) is 1.66. The van der Waals surface area contributed by atoms with Gasteiger partial charge in [0.1, 0.15) is 5.82 Å². The van der Waals surface area contributed by atoms with Gasteiger partial charge in [0.05, 0.1) is 17.6 Å². The lowest BCUT2D eigenvalue weighted by molar-refractivity contribution is -0.128. The van der Waals surface area contributed by atoms with Gasteiger partial charge in [0, 0.05) is 38.6 Å². The summed E-state index contributed by atoms with van der Waals surface area (Å²) < 4.78 is 7.36. The number of likely N-dealkylation sites (tertiary alicyclic amines) is 1. The molecule has 5 nitrogen and oxygen atoms in total. The fourth-order valence-electron chi connectivity index (χ4n) is 3.26. The Labute approximate surface area is 130 Å². The van der Waals surface area contributed by atoms with Gasteiger partial charge >= 0.3 is 0 Å². The number of benzene rings is 1. The van der Waals surface area contributed by atoms with E-state index in [2.05, 4.69) is 24.5 Å². The quantitative estimate of drug-likeness (QED) is 0.853. The molecule has 1 fully saturated rings. The van der Waals surface area contributed by atoms with Crippen LogP contribution in [-0.4, -0.2) is 47.2 Å². The van der Waals surface area contributed by atoms with Crippen molar-refractivity contribution in [1.29, 1.82) is 0 Å². The molecule has 0 bridgehead atoms. The van der Waals surface area contributed by atoms with Crippen LogP contribution >= 0.6 is 0 Å². The van der Waals surface area contributed by atoms with Crippen molar-refractivity contribution >= 4 is 16.9 Å². The van der Waals surface area contributed by atoms with Crippen LogP contribution in [-0.2, 0) is 9.53 Å². The lowest BCUT2D eigenvalue weighted by Crippen LogP contribution is -2.28. The van der Waals surface area contributed by atoms with Crippen LogP contribution in [0.1, 0.15) is 38.1 Å². The highest BCUT2D eigenvalue weighted by molar-refractivity contribution is 5.81. The highest BCUT2D eigenvalue weighted by atomic mass is 16.5. The normalized spacial score (nSPS) is 18.8. The van der Waals surface area contributed by atoms with E-state index in [1.165, 1.54) is 0 Å². The Morgan fingerprint density at radius 1 is 1.36 bits per heavy atom. The topological polar surface area (TPSA) is 47.4 Å². The average Bonchev–Trinajstić information content (AvgIpc) is 3.05. The molecule has 5 heteroatoms. The number of para-hydroxylation sites is 2. The third-order valence-corrected chi connectivity index (χ3v) is 4.28. The molecule has 2 heterocycles. The van der Waals surface area contributed by atoms with Crippen molar-refractivity contribution in [3.05, 3.63) is 30.1 Å². The molecule has 22 heavy (non-hydrogen) atoms. The number of ether oxygens (including phenoxy) is 1. The number of nitrogens with zero attached hydrogens (tertiary/aromatic N) is 3. The van der Waals surface area contributed by atoms with E-state index in [1.807, 2.05) is 23.1 Å². The van der Waals surface area contributed by atoms with Crippen molar-refractivity contribution in [3.63, 3.8) is 0 Å². The van der Waals surface area contributed by atoms with Crippen LogP contribution < -0.4 is 0 Å². The number of carbonyl (C=O) groups excluding carboxylic acids is 1. The Hall–Kier alpha value is -1.88. The van der Waals surface area contributed by atoms with Gasteiger partial charge in [0.25, 0.3) is 0 Å². The Kier molecular flexibility index (Phi) is 4.16. The maximum atomic E-state index is 12.2. The van der Waals surface area contributed by atoms with Gasteiger partial charge in [-0.2, -0.15) is 0 Å². The van der Waals surface area contributed by atoms with Crippen LogP contribution in [0.4, 0.5) is 0 Å². The van der Waals surface area contributed by atoms with Gasteiger partial charge in [0.2, 0.25) is 5.91 Å². The van der Waals surface area contributed by atoms with E-state index in [0.29, 0.717) is 25.6 Å². The molecule has 0 N–H and O–H groups in total. The molecule has 0 aliphatic carbocycles. The summed E-state index contributed by atoms with van der Waals surface area (Å²) in [5.41, 5.74) is 2.16.